The molecule has 4 rings (SSSR count). The Labute approximate surface area is 163 Å². The van der Waals surface area contributed by atoms with E-state index in [4.69, 9.17) is 0 Å². The number of nitrogens with zero attached hydrogens (tertiary/aromatic N) is 4. The van der Waals surface area contributed by atoms with Gasteiger partial charge in [0.1, 0.15) is 0 Å². The molecule has 3 aromatic rings. The number of rotatable bonds is 7. The molecule has 0 atom stereocenters. The van der Waals surface area contributed by atoms with E-state index in [0.717, 1.165) is 35.3 Å². The van der Waals surface area contributed by atoms with Gasteiger partial charge in [-0.05, 0) is 31.7 Å². The second-order valence-electron chi connectivity index (χ2n) is 7.48. The van der Waals surface area contributed by atoms with Crippen LogP contribution >= 0.6 is 0 Å². The van der Waals surface area contributed by atoms with Crippen LogP contribution in [0.3, 0.4) is 0 Å². The lowest BCUT2D eigenvalue weighted by molar-refractivity contribution is 0.0915. The number of nitrogens with one attached hydrogen (secondary N) is 1. The third kappa shape index (κ3) is 4.09. The van der Waals surface area contributed by atoms with Crippen LogP contribution in [0, 0.1) is 6.92 Å². The molecule has 1 saturated carbocycles. The average molecular weight is 377 g/mol. The van der Waals surface area contributed by atoms with Crippen molar-refractivity contribution in [1.82, 2.24) is 19.7 Å². The Morgan fingerprint density at radius 3 is 2.64 bits per heavy atom. The fraction of sp³-hybridized carbons (Fsp3) is 0.333. The molecule has 2 N–H and O–H groups in total. The lowest BCUT2D eigenvalue weighted by Crippen LogP contribution is -2.10. The van der Waals surface area contributed by atoms with Crippen molar-refractivity contribution in [2.75, 3.05) is 5.32 Å². The third-order valence-electron chi connectivity index (χ3n) is 5.06. The van der Waals surface area contributed by atoms with Gasteiger partial charge in [-0.15, -0.1) is 0 Å². The van der Waals surface area contributed by atoms with Gasteiger partial charge in [-0.1, -0.05) is 24.3 Å². The second kappa shape index (κ2) is 7.16. The summed E-state index contributed by atoms with van der Waals surface area (Å²) in [6.07, 6.45) is 7.87. The van der Waals surface area contributed by atoms with Gasteiger partial charge in [0.05, 0.1) is 23.2 Å². The molecule has 1 aliphatic rings. The minimum atomic E-state index is -0.592. The van der Waals surface area contributed by atoms with Crippen molar-refractivity contribution >= 4 is 17.4 Å². The van der Waals surface area contributed by atoms with Gasteiger partial charge >= 0.3 is 0 Å². The van der Waals surface area contributed by atoms with Crippen molar-refractivity contribution in [1.29, 1.82) is 0 Å². The van der Waals surface area contributed by atoms with Crippen molar-refractivity contribution in [3.8, 4) is 11.3 Å². The Morgan fingerprint density at radius 2 is 2.00 bits per heavy atom. The number of hydrogen-bond donors (Lipinski definition) is 2. The monoisotopic (exact) mass is 377 g/mol. The molecule has 2 aromatic heterocycles. The molecule has 7 nitrogen and oxygen atoms in total. The highest BCUT2D eigenvalue weighted by molar-refractivity contribution is 5.96. The number of aliphatic hydroxyl groups is 1. The zero-order valence-electron chi connectivity index (χ0n) is 16.0. The molecular formula is C21H23N5O2. The Bertz CT molecular complexity index is 1010. The lowest BCUT2D eigenvalue weighted by Gasteiger charge is -2.09. The molecule has 0 saturated heterocycles. The van der Waals surface area contributed by atoms with Crippen LogP contribution in [0.25, 0.3) is 11.3 Å². The van der Waals surface area contributed by atoms with E-state index < -0.39 is 5.60 Å². The zero-order chi connectivity index (χ0) is 19.7. The SMILES string of the molecule is Cc1cnc(Nc2cnn(C)c2)nc1-c1ccc(C(=O)CCC2(O)CC2)cc1. The average Bonchev–Trinajstić information content (AvgIpc) is 3.29. The van der Waals surface area contributed by atoms with Crippen LogP contribution in [0.5, 0.6) is 0 Å². The number of Topliss-reactive ketones (excluding diaryl/α,β-unsaturated/α-hetero) is 1. The summed E-state index contributed by atoms with van der Waals surface area (Å²) in [5.74, 6) is 0.552. The summed E-state index contributed by atoms with van der Waals surface area (Å²) in [5.41, 5.74) is 3.57. The van der Waals surface area contributed by atoms with E-state index in [9.17, 15) is 9.90 Å². The maximum absolute atomic E-state index is 12.3. The number of aryl methyl sites for hydroxylation is 2. The van der Waals surface area contributed by atoms with Gasteiger partial charge in [-0.3, -0.25) is 9.48 Å². The van der Waals surface area contributed by atoms with Crippen molar-refractivity contribution in [2.24, 2.45) is 7.05 Å². The van der Waals surface area contributed by atoms with Crippen LogP contribution in [0.2, 0.25) is 0 Å². The van der Waals surface area contributed by atoms with E-state index in [1.54, 1.807) is 17.1 Å². The number of hydrogen-bond acceptors (Lipinski definition) is 6. The van der Waals surface area contributed by atoms with Gasteiger partial charge in [0.2, 0.25) is 5.95 Å². The molecule has 28 heavy (non-hydrogen) atoms. The summed E-state index contributed by atoms with van der Waals surface area (Å²) in [5, 5.41) is 17.2. The first-order valence-electron chi connectivity index (χ1n) is 9.37. The highest BCUT2D eigenvalue weighted by atomic mass is 16.3. The fourth-order valence-electron chi connectivity index (χ4n) is 3.11. The first-order chi connectivity index (χ1) is 13.4. The number of carbonyl (C=O) groups excluding carboxylic acids is 1. The van der Waals surface area contributed by atoms with Gasteiger partial charge in [0.25, 0.3) is 0 Å². The number of benzene rings is 1. The Balaban J connectivity index is 1.50. The van der Waals surface area contributed by atoms with Crippen LogP contribution in [-0.2, 0) is 7.05 Å². The predicted molar refractivity (Wildman–Crippen MR) is 106 cm³/mol. The van der Waals surface area contributed by atoms with Crippen LogP contribution in [0.4, 0.5) is 11.6 Å². The van der Waals surface area contributed by atoms with E-state index >= 15 is 0 Å². The second-order valence-corrected chi connectivity index (χ2v) is 7.48. The summed E-state index contributed by atoms with van der Waals surface area (Å²) in [6, 6.07) is 7.46. The van der Waals surface area contributed by atoms with E-state index in [1.807, 2.05) is 44.4 Å². The summed E-state index contributed by atoms with van der Waals surface area (Å²) < 4.78 is 1.70. The normalized spacial score (nSPS) is 14.7. The molecule has 0 bridgehead atoms. The highest BCUT2D eigenvalue weighted by Gasteiger charge is 2.40. The number of anilines is 2. The van der Waals surface area contributed by atoms with Gasteiger partial charge in [-0.25, -0.2) is 9.97 Å². The van der Waals surface area contributed by atoms with Crippen molar-refractivity contribution in [3.05, 3.63) is 54.0 Å². The van der Waals surface area contributed by atoms with E-state index in [-0.39, 0.29) is 5.78 Å². The Hall–Kier alpha value is -3.06. The molecule has 0 amide bonds. The molecule has 0 radical (unpaired) electrons. The largest absolute Gasteiger partial charge is 0.390 e. The molecule has 0 aliphatic heterocycles. The molecule has 1 aliphatic carbocycles. The Kier molecular flexibility index (Phi) is 4.68. The number of carbonyl (C=O) groups is 1. The number of aromatic nitrogens is 4. The summed E-state index contributed by atoms with van der Waals surface area (Å²) in [4.78, 5) is 21.3. The topological polar surface area (TPSA) is 92.9 Å². The van der Waals surface area contributed by atoms with Crippen molar-refractivity contribution in [3.63, 3.8) is 0 Å². The molecule has 1 aromatic carbocycles. The van der Waals surface area contributed by atoms with Gasteiger partial charge in [0.15, 0.2) is 5.78 Å². The minimum absolute atomic E-state index is 0.0604. The first-order valence-corrected chi connectivity index (χ1v) is 9.37. The van der Waals surface area contributed by atoms with E-state index in [2.05, 4.69) is 20.4 Å². The van der Waals surface area contributed by atoms with Crippen LogP contribution in [0.1, 0.15) is 41.6 Å². The quantitative estimate of drug-likeness (QED) is 0.613. The molecular weight excluding hydrogens is 354 g/mol. The van der Waals surface area contributed by atoms with Crippen LogP contribution < -0.4 is 5.32 Å². The maximum Gasteiger partial charge on any atom is 0.227 e. The molecule has 1 fully saturated rings. The van der Waals surface area contributed by atoms with E-state index in [1.165, 1.54) is 0 Å². The number of ketones is 1. The third-order valence-corrected chi connectivity index (χ3v) is 5.06. The molecule has 0 unspecified atom stereocenters. The molecule has 2 heterocycles. The van der Waals surface area contributed by atoms with Crippen LogP contribution in [0.15, 0.2) is 42.9 Å². The van der Waals surface area contributed by atoms with Gasteiger partial charge < -0.3 is 10.4 Å². The van der Waals surface area contributed by atoms with Crippen molar-refractivity contribution in [2.45, 2.75) is 38.2 Å². The van der Waals surface area contributed by atoms with Gasteiger partial charge in [0, 0.05) is 37.0 Å². The lowest BCUT2D eigenvalue weighted by atomic mass is 10.0. The smallest absolute Gasteiger partial charge is 0.227 e. The summed E-state index contributed by atoms with van der Waals surface area (Å²) in [6.45, 7) is 1.96. The maximum atomic E-state index is 12.3. The minimum Gasteiger partial charge on any atom is -0.390 e. The highest BCUT2D eigenvalue weighted by Crippen LogP contribution is 2.39. The standard InChI is InChI=1S/C21H23N5O2/c1-14-11-22-20(24-17-12-23-26(2)13-17)25-19(14)16-5-3-15(4-6-16)18(27)7-8-21(28)9-10-21/h3-6,11-13,28H,7-10H2,1-2H3,(H,22,24,25). The van der Waals surface area contributed by atoms with E-state index in [0.29, 0.717) is 24.4 Å². The zero-order valence-corrected chi connectivity index (χ0v) is 16.0. The summed E-state index contributed by atoms with van der Waals surface area (Å²) in [7, 11) is 1.85. The van der Waals surface area contributed by atoms with Crippen molar-refractivity contribution < 1.29 is 9.90 Å². The molecule has 144 valence electrons. The van der Waals surface area contributed by atoms with Gasteiger partial charge in [-0.2, -0.15) is 5.10 Å². The Morgan fingerprint density at radius 1 is 1.25 bits per heavy atom. The summed E-state index contributed by atoms with van der Waals surface area (Å²) >= 11 is 0. The molecule has 7 heteroatoms. The molecule has 0 spiro atoms. The first kappa shape index (κ1) is 18.3. The fourth-order valence-corrected chi connectivity index (χ4v) is 3.11. The predicted octanol–water partition coefficient (Wildman–Crippen LogP) is 3.42. The van der Waals surface area contributed by atoms with Crippen LogP contribution in [-0.4, -0.2) is 36.2 Å².